The van der Waals surface area contributed by atoms with Crippen LogP contribution >= 0.6 is 0 Å². The van der Waals surface area contributed by atoms with E-state index in [9.17, 15) is 0 Å². The molecule has 0 fully saturated rings. The minimum atomic E-state index is 0.872. The number of nitrogens with one attached hydrogen (secondary N) is 2. The standard InChI is InChI=1S/C55H40N4/c1-35-12-20-40(21-13-35)52-44-26-28-46(56-44)53(41-22-14-36(2)15-23-41)48-30-32-50(58-48)55(43-11-7-10-39(34-43)19-18-38-8-5-4-6-9-38)51-33-31-49(59-51)54(47-29-27-45(52)57-47)42-24-16-37(3)17-25-42/h4-17,20-34,58-59H,1-3H3. The van der Waals surface area contributed by atoms with Crippen LogP contribution in [0.25, 0.3) is 90.9 Å². The van der Waals surface area contributed by atoms with Gasteiger partial charge >= 0.3 is 0 Å². The fourth-order valence-corrected chi connectivity index (χ4v) is 8.00. The molecule has 0 unspecified atom stereocenters. The first kappa shape index (κ1) is 35.7. The van der Waals surface area contributed by atoms with E-state index in [-0.39, 0.29) is 0 Å². The zero-order valence-corrected chi connectivity index (χ0v) is 33.1. The molecule has 0 saturated carbocycles. The van der Waals surface area contributed by atoms with Gasteiger partial charge < -0.3 is 9.97 Å². The first-order valence-corrected chi connectivity index (χ1v) is 20.0. The van der Waals surface area contributed by atoms with Gasteiger partial charge in [0.25, 0.3) is 0 Å². The van der Waals surface area contributed by atoms with Crippen LogP contribution in [0.3, 0.4) is 0 Å². The van der Waals surface area contributed by atoms with Crippen LogP contribution in [0.5, 0.6) is 0 Å². The number of fused-ring (bicyclic) bond motifs is 8. The molecule has 0 aliphatic carbocycles. The quantitative estimate of drug-likeness (QED) is 0.176. The van der Waals surface area contributed by atoms with Crippen molar-refractivity contribution in [1.82, 2.24) is 19.9 Å². The van der Waals surface area contributed by atoms with Gasteiger partial charge in [0.15, 0.2) is 0 Å². The third kappa shape index (κ3) is 7.01. The topological polar surface area (TPSA) is 57.4 Å². The van der Waals surface area contributed by atoms with Crippen molar-refractivity contribution < 1.29 is 0 Å². The Hall–Kier alpha value is -7.74. The van der Waals surface area contributed by atoms with Crippen LogP contribution in [0, 0.1) is 32.6 Å². The average Bonchev–Trinajstić information content (AvgIpc) is 4.11. The third-order valence-corrected chi connectivity index (χ3v) is 11.1. The van der Waals surface area contributed by atoms with Gasteiger partial charge in [-0.2, -0.15) is 0 Å². The summed E-state index contributed by atoms with van der Waals surface area (Å²) in [4.78, 5) is 18.6. The lowest BCUT2D eigenvalue weighted by atomic mass is 10.0. The van der Waals surface area contributed by atoms with Crippen molar-refractivity contribution in [2.75, 3.05) is 0 Å². The zero-order valence-electron chi connectivity index (χ0n) is 33.1. The number of hydrogen-bond acceptors (Lipinski definition) is 2. The maximum atomic E-state index is 5.43. The van der Waals surface area contributed by atoms with Crippen molar-refractivity contribution in [1.29, 1.82) is 0 Å². The molecule has 8 bridgehead atoms. The molecular formula is C55H40N4. The van der Waals surface area contributed by atoms with Crippen molar-refractivity contribution >= 4 is 46.4 Å². The molecule has 2 N–H and O–H groups in total. The van der Waals surface area contributed by atoms with E-state index in [2.05, 4.69) is 188 Å². The van der Waals surface area contributed by atoms with E-state index >= 15 is 0 Å². The second kappa shape index (κ2) is 15.0. The maximum Gasteiger partial charge on any atom is 0.0738 e. The predicted octanol–water partition coefficient (Wildman–Crippen LogP) is 13.6. The largest absolute Gasteiger partial charge is 0.354 e. The van der Waals surface area contributed by atoms with Gasteiger partial charge in [0, 0.05) is 55.4 Å². The van der Waals surface area contributed by atoms with Crippen LogP contribution in [-0.4, -0.2) is 19.9 Å². The van der Waals surface area contributed by atoms with E-state index < -0.39 is 0 Å². The lowest BCUT2D eigenvalue weighted by molar-refractivity contribution is 1.27. The number of hydrogen-bond donors (Lipinski definition) is 2. The molecule has 0 radical (unpaired) electrons. The molecular weight excluding hydrogens is 717 g/mol. The van der Waals surface area contributed by atoms with Crippen LogP contribution in [0.15, 0.2) is 152 Å². The summed E-state index contributed by atoms with van der Waals surface area (Å²) in [7, 11) is 0. The van der Waals surface area contributed by atoms with Crippen LogP contribution in [-0.2, 0) is 0 Å². The highest BCUT2D eigenvalue weighted by atomic mass is 14.8. The Labute approximate surface area is 344 Å². The van der Waals surface area contributed by atoms with Crippen LogP contribution in [0.4, 0.5) is 0 Å². The van der Waals surface area contributed by atoms with Gasteiger partial charge in [-0.15, -0.1) is 0 Å². The summed E-state index contributed by atoms with van der Waals surface area (Å²) in [5, 5.41) is 0. The summed E-state index contributed by atoms with van der Waals surface area (Å²) >= 11 is 0. The van der Waals surface area contributed by atoms with Crippen molar-refractivity contribution in [3.8, 4) is 56.3 Å². The molecule has 59 heavy (non-hydrogen) atoms. The van der Waals surface area contributed by atoms with Gasteiger partial charge in [-0.3, -0.25) is 0 Å². The summed E-state index contributed by atoms with van der Waals surface area (Å²) < 4.78 is 0. The summed E-state index contributed by atoms with van der Waals surface area (Å²) in [5.41, 5.74) is 21.3. The molecule has 4 heteroatoms. The molecule has 2 aliphatic rings. The minimum Gasteiger partial charge on any atom is -0.354 e. The Morgan fingerprint density at radius 2 is 0.729 bits per heavy atom. The van der Waals surface area contributed by atoms with E-state index in [4.69, 9.17) is 9.97 Å². The predicted molar refractivity (Wildman–Crippen MR) is 247 cm³/mol. The monoisotopic (exact) mass is 756 g/mol. The Morgan fingerprint density at radius 1 is 0.339 bits per heavy atom. The fraction of sp³-hybridized carbons (Fsp3) is 0.0545. The molecule has 280 valence electrons. The molecule has 8 aromatic rings. The van der Waals surface area contributed by atoms with Crippen molar-refractivity contribution in [2.45, 2.75) is 20.8 Å². The molecule has 0 amide bonds. The number of rotatable bonds is 4. The highest BCUT2D eigenvalue weighted by Gasteiger charge is 2.19. The lowest BCUT2D eigenvalue weighted by Crippen LogP contribution is -1.91. The number of aryl methyl sites for hydroxylation is 3. The Balaban J connectivity index is 1.33. The Kier molecular flexibility index (Phi) is 9.05. The van der Waals surface area contributed by atoms with Crippen molar-refractivity contribution in [3.05, 3.63) is 202 Å². The number of aromatic nitrogens is 4. The number of benzene rings is 5. The second-order valence-electron chi connectivity index (χ2n) is 15.3. The van der Waals surface area contributed by atoms with Crippen LogP contribution < -0.4 is 0 Å². The van der Waals surface area contributed by atoms with Gasteiger partial charge in [-0.1, -0.05) is 132 Å². The summed E-state index contributed by atoms with van der Waals surface area (Å²) in [6, 6.07) is 53.4. The third-order valence-electron chi connectivity index (χ3n) is 11.1. The molecule has 5 aromatic carbocycles. The normalized spacial score (nSPS) is 11.7. The van der Waals surface area contributed by atoms with E-state index in [0.29, 0.717) is 0 Å². The molecule has 5 heterocycles. The Morgan fingerprint density at radius 3 is 1.20 bits per heavy atom. The second-order valence-corrected chi connectivity index (χ2v) is 15.3. The number of aromatic amines is 2. The van der Waals surface area contributed by atoms with Crippen molar-refractivity contribution in [2.24, 2.45) is 0 Å². The van der Waals surface area contributed by atoms with Crippen LogP contribution in [0.1, 0.15) is 50.6 Å². The molecule has 0 spiro atoms. The first-order valence-electron chi connectivity index (χ1n) is 20.0. The average molecular weight is 757 g/mol. The highest BCUT2D eigenvalue weighted by Crippen LogP contribution is 2.38. The first-order chi connectivity index (χ1) is 28.9. The molecule has 10 rings (SSSR count). The van der Waals surface area contributed by atoms with Gasteiger partial charge in [-0.05, 0) is 116 Å². The molecule has 0 saturated heterocycles. The smallest absolute Gasteiger partial charge is 0.0738 e. The number of nitrogens with zero attached hydrogens (tertiary/aromatic N) is 2. The SMILES string of the molecule is Cc1ccc(-c2c3nc(c(-c4ccc(C)cc4)c4ccc([nH]4)c(-c4cccc(C#Cc5ccccc5)c4)c4ccc([nH]4)c(-c4ccc(C)cc4)c4nc2C=C4)C=C3)cc1. The highest BCUT2D eigenvalue weighted by molar-refractivity contribution is 6.00. The molecule has 0 atom stereocenters. The summed E-state index contributed by atoms with van der Waals surface area (Å²) in [6.07, 6.45) is 8.55. The van der Waals surface area contributed by atoms with E-state index in [0.717, 1.165) is 100 Å². The zero-order chi connectivity index (χ0) is 39.9. The van der Waals surface area contributed by atoms with E-state index in [1.807, 2.05) is 30.3 Å². The van der Waals surface area contributed by atoms with Gasteiger partial charge in [0.05, 0.1) is 22.8 Å². The van der Waals surface area contributed by atoms with Gasteiger partial charge in [0.2, 0.25) is 0 Å². The molecule has 2 aliphatic heterocycles. The Bertz CT molecular complexity index is 3060. The molecule has 3 aromatic heterocycles. The minimum absolute atomic E-state index is 0.872. The summed E-state index contributed by atoms with van der Waals surface area (Å²) in [6.45, 7) is 6.36. The van der Waals surface area contributed by atoms with Gasteiger partial charge in [0.1, 0.15) is 0 Å². The van der Waals surface area contributed by atoms with E-state index in [1.165, 1.54) is 16.7 Å². The summed E-state index contributed by atoms with van der Waals surface area (Å²) in [5.74, 6) is 6.76. The van der Waals surface area contributed by atoms with Crippen LogP contribution in [0.2, 0.25) is 0 Å². The maximum absolute atomic E-state index is 5.43. The van der Waals surface area contributed by atoms with Gasteiger partial charge in [-0.25, -0.2) is 9.97 Å². The molecule has 4 nitrogen and oxygen atoms in total. The fourth-order valence-electron chi connectivity index (χ4n) is 8.00. The van der Waals surface area contributed by atoms with Crippen molar-refractivity contribution in [3.63, 3.8) is 0 Å². The van der Waals surface area contributed by atoms with E-state index in [1.54, 1.807) is 0 Å². The lowest BCUT2D eigenvalue weighted by Gasteiger charge is -2.08. The number of H-pyrrole nitrogens is 2.